The van der Waals surface area contributed by atoms with Crippen molar-refractivity contribution in [2.75, 3.05) is 13.2 Å². The number of fused-ring (bicyclic) bond motifs is 1. The van der Waals surface area contributed by atoms with Crippen LogP contribution in [0.15, 0.2) is 47.4 Å². The van der Waals surface area contributed by atoms with Gasteiger partial charge in [-0.05, 0) is 29.8 Å². The summed E-state index contributed by atoms with van der Waals surface area (Å²) in [6.07, 6.45) is -4.08. The van der Waals surface area contributed by atoms with Gasteiger partial charge in [-0.2, -0.15) is 0 Å². The second kappa shape index (κ2) is 7.65. The van der Waals surface area contributed by atoms with Gasteiger partial charge in [-0.15, -0.1) is 13.2 Å². The Balaban J connectivity index is 1.67. The second-order valence-corrected chi connectivity index (χ2v) is 7.44. The molecule has 3 rings (SSSR count). The van der Waals surface area contributed by atoms with Gasteiger partial charge in [-0.25, -0.2) is 13.1 Å². The van der Waals surface area contributed by atoms with E-state index in [-0.39, 0.29) is 17.2 Å². The minimum absolute atomic E-state index is 0.00350. The number of alkyl halides is 3. The van der Waals surface area contributed by atoms with Crippen LogP contribution in [0.5, 0.6) is 17.2 Å². The van der Waals surface area contributed by atoms with Crippen LogP contribution in [-0.4, -0.2) is 28.0 Å². The minimum Gasteiger partial charge on any atom is -0.490 e. The highest BCUT2D eigenvalue weighted by Crippen LogP contribution is 2.32. The first-order valence-electron chi connectivity index (χ1n) is 7.97. The summed E-state index contributed by atoms with van der Waals surface area (Å²) < 4.78 is 78.4. The molecule has 27 heavy (non-hydrogen) atoms. The molecule has 146 valence electrons. The Morgan fingerprint density at radius 3 is 2.33 bits per heavy atom. The van der Waals surface area contributed by atoms with Crippen LogP contribution in [0, 0.1) is 0 Å². The standard InChI is InChI=1S/C17H16F3NO5S/c18-17(19,20)26-13-4-2-12(3-5-13)11-21-27(22,23)14-6-7-15-16(10-14)25-9-1-8-24-15/h2-7,10,21H,1,8-9,11H2. The molecule has 0 fully saturated rings. The molecule has 1 heterocycles. The number of halogens is 3. The molecular weight excluding hydrogens is 387 g/mol. The zero-order valence-electron chi connectivity index (χ0n) is 14.0. The van der Waals surface area contributed by atoms with Crippen LogP contribution in [0.4, 0.5) is 13.2 Å². The molecule has 2 aromatic rings. The smallest absolute Gasteiger partial charge is 0.490 e. The predicted molar refractivity (Wildman–Crippen MR) is 89.2 cm³/mol. The molecule has 0 aliphatic carbocycles. The molecule has 0 radical (unpaired) electrons. The van der Waals surface area contributed by atoms with Gasteiger partial charge in [-0.1, -0.05) is 12.1 Å². The lowest BCUT2D eigenvalue weighted by Gasteiger charge is -2.12. The average Bonchev–Trinajstić information content (AvgIpc) is 2.84. The lowest BCUT2D eigenvalue weighted by Crippen LogP contribution is -2.23. The molecule has 0 saturated carbocycles. The third kappa shape index (κ3) is 5.27. The van der Waals surface area contributed by atoms with Gasteiger partial charge in [-0.3, -0.25) is 0 Å². The van der Waals surface area contributed by atoms with Crippen molar-refractivity contribution < 1.29 is 35.8 Å². The van der Waals surface area contributed by atoms with Crippen molar-refractivity contribution in [2.24, 2.45) is 0 Å². The molecule has 1 aliphatic rings. The molecular formula is C17H16F3NO5S. The lowest BCUT2D eigenvalue weighted by molar-refractivity contribution is -0.274. The largest absolute Gasteiger partial charge is 0.573 e. The maximum Gasteiger partial charge on any atom is 0.573 e. The van der Waals surface area contributed by atoms with E-state index in [1.807, 2.05) is 0 Å². The number of hydrogen-bond acceptors (Lipinski definition) is 5. The van der Waals surface area contributed by atoms with E-state index < -0.39 is 16.4 Å². The molecule has 0 bridgehead atoms. The molecule has 0 amide bonds. The van der Waals surface area contributed by atoms with E-state index in [9.17, 15) is 21.6 Å². The topological polar surface area (TPSA) is 73.9 Å². The van der Waals surface area contributed by atoms with Crippen LogP contribution in [0.25, 0.3) is 0 Å². The molecule has 6 nitrogen and oxygen atoms in total. The van der Waals surface area contributed by atoms with Crippen molar-refractivity contribution in [3.05, 3.63) is 48.0 Å². The SMILES string of the molecule is O=S(=O)(NCc1ccc(OC(F)(F)F)cc1)c1ccc2c(c1)OCCCO2. The van der Waals surface area contributed by atoms with Crippen molar-refractivity contribution in [2.45, 2.75) is 24.2 Å². The van der Waals surface area contributed by atoms with Gasteiger partial charge in [0.1, 0.15) is 5.75 Å². The van der Waals surface area contributed by atoms with E-state index in [1.54, 1.807) is 0 Å². The zero-order chi connectivity index (χ0) is 19.5. The van der Waals surface area contributed by atoms with E-state index in [2.05, 4.69) is 9.46 Å². The fourth-order valence-electron chi connectivity index (χ4n) is 2.38. The highest BCUT2D eigenvalue weighted by atomic mass is 32.2. The maximum absolute atomic E-state index is 12.5. The minimum atomic E-state index is -4.78. The number of ether oxygens (including phenoxy) is 3. The van der Waals surface area contributed by atoms with E-state index in [0.29, 0.717) is 36.7 Å². The summed E-state index contributed by atoms with van der Waals surface area (Å²) in [6, 6.07) is 9.22. The summed E-state index contributed by atoms with van der Waals surface area (Å²) in [4.78, 5) is 0.00350. The molecule has 2 aromatic carbocycles. The van der Waals surface area contributed by atoms with Gasteiger partial charge in [0.25, 0.3) is 0 Å². The van der Waals surface area contributed by atoms with Crippen LogP contribution in [0.1, 0.15) is 12.0 Å². The first-order chi connectivity index (χ1) is 12.7. The summed E-state index contributed by atoms with van der Waals surface area (Å²) in [5.41, 5.74) is 0.474. The van der Waals surface area contributed by atoms with Crippen molar-refractivity contribution in [3.8, 4) is 17.2 Å². The van der Waals surface area contributed by atoms with Crippen molar-refractivity contribution in [1.29, 1.82) is 0 Å². The van der Waals surface area contributed by atoms with E-state index in [1.165, 1.54) is 30.3 Å². The van der Waals surface area contributed by atoms with Crippen LogP contribution >= 0.6 is 0 Å². The zero-order valence-corrected chi connectivity index (χ0v) is 14.8. The second-order valence-electron chi connectivity index (χ2n) is 5.68. The molecule has 0 atom stereocenters. The third-order valence-electron chi connectivity index (χ3n) is 3.65. The lowest BCUT2D eigenvalue weighted by atomic mass is 10.2. The highest BCUT2D eigenvalue weighted by Gasteiger charge is 2.31. The van der Waals surface area contributed by atoms with E-state index in [0.717, 1.165) is 12.1 Å². The first-order valence-corrected chi connectivity index (χ1v) is 9.45. The molecule has 1 aliphatic heterocycles. The van der Waals surface area contributed by atoms with E-state index in [4.69, 9.17) is 9.47 Å². The Kier molecular flexibility index (Phi) is 5.47. The predicted octanol–water partition coefficient (Wildman–Crippen LogP) is 3.23. The van der Waals surface area contributed by atoms with Crippen LogP contribution in [-0.2, 0) is 16.6 Å². The monoisotopic (exact) mass is 403 g/mol. The van der Waals surface area contributed by atoms with Gasteiger partial charge in [0.05, 0.1) is 18.1 Å². The number of hydrogen-bond donors (Lipinski definition) is 1. The van der Waals surface area contributed by atoms with Gasteiger partial charge in [0.2, 0.25) is 10.0 Å². The quantitative estimate of drug-likeness (QED) is 0.830. The number of benzene rings is 2. The first kappa shape index (κ1) is 19.3. The molecule has 0 unspecified atom stereocenters. The molecule has 0 saturated heterocycles. The Bertz CT molecular complexity index is 898. The fourth-order valence-corrected chi connectivity index (χ4v) is 3.41. The summed E-state index contributed by atoms with van der Waals surface area (Å²) in [5.74, 6) is 0.452. The Hall–Kier alpha value is -2.46. The third-order valence-corrected chi connectivity index (χ3v) is 5.05. The van der Waals surface area contributed by atoms with Gasteiger partial charge < -0.3 is 14.2 Å². The van der Waals surface area contributed by atoms with Gasteiger partial charge in [0.15, 0.2) is 11.5 Å². The summed E-state index contributed by atoms with van der Waals surface area (Å²) in [5, 5.41) is 0. The van der Waals surface area contributed by atoms with Gasteiger partial charge in [0, 0.05) is 19.0 Å². The number of nitrogens with one attached hydrogen (secondary N) is 1. The van der Waals surface area contributed by atoms with Gasteiger partial charge >= 0.3 is 6.36 Å². The molecule has 0 spiro atoms. The van der Waals surface area contributed by atoms with E-state index >= 15 is 0 Å². The number of sulfonamides is 1. The highest BCUT2D eigenvalue weighted by molar-refractivity contribution is 7.89. The fraction of sp³-hybridized carbons (Fsp3) is 0.294. The normalized spacial score (nSPS) is 14.5. The number of rotatable bonds is 5. The van der Waals surface area contributed by atoms with Crippen molar-refractivity contribution >= 4 is 10.0 Å². The van der Waals surface area contributed by atoms with Crippen molar-refractivity contribution in [3.63, 3.8) is 0 Å². The summed E-state index contributed by atoms with van der Waals surface area (Å²) in [7, 11) is -3.84. The average molecular weight is 403 g/mol. The van der Waals surface area contributed by atoms with Crippen LogP contribution in [0.3, 0.4) is 0 Å². The Morgan fingerprint density at radius 2 is 1.67 bits per heavy atom. The van der Waals surface area contributed by atoms with Crippen LogP contribution < -0.4 is 18.9 Å². The van der Waals surface area contributed by atoms with Crippen molar-refractivity contribution in [1.82, 2.24) is 4.72 Å². The summed E-state index contributed by atoms with van der Waals surface area (Å²) in [6.45, 7) is 0.824. The molecule has 1 N–H and O–H groups in total. The molecule has 10 heteroatoms. The maximum atomic E-state index is 12.5. The Morgan fingerprint density at radius 1 is 1.00 bits per heavy atom. The summed E-state index contributed by atoms with van der Waals surface area (Å²) >= 11 is 0. The molecule has 0 aromatic heterocycles. The Labute approximate surface area is 153 Å². The van der Waals surface area contributed by atoms with Crippen LogP contribution in [0.2, 0.25) is 0 Å².